The third-order valence-electron chi connectivity index (χ3n) is 2.42. The first-order valence-electron chi connectivity index (χ1n) is 5.21. The van der Waals surface area contributed by atoms with Gasteiger partial charge in [-0.1, -0.05) is 28.1 Å². The van der Waals surface area contributed by atoms with Crippen LogP contribution in [0.1, 0.15) is 20.7 Å². The van der Waals surface area contributed by atoms with Crippen LogP contribution in [0.3, 0.4) is 0 Å². The Bertz CT molecular complexity index is 603. The van der Waals surface area contributed by atoms with Gasteiger partial charge in [-0.3, -0.25) is 9.59 Å². The smallest absolute Gasteiger partial charge is 0.233 e. The highest BCUT2D eigenvalue weighted by molar-refractivity contribution is 9.10. The number of aromatic hydroxyl groups is 1. The van der Waals surface area contributed by atoms with Gasteiger partial charge in [0.2, 0.25) is 11.6 Å². The lowest BCUT2D eigenvalue weighted by Gasteiger charge is -2.01. The Hall–Kier alpha value is -1.94. The first kappa shape index (κ1) is 12.5. The molecule has 0 aliphatic rings. The Kier molecular flexibility index (Phi) is 3.58. The summed E-state index contributed by atoms with van der Waals surface area (Å²) >= 11 is 3.25. The molecule has 0 radical (unpaired) electrons. The van der Waals surface area contributed by atoms with Crippen molar-refractivity contribution in [1.29, 1.82) is 0 Å². The van der Waals surface area contributed by atoms with Crippen LogP contribution in [0.4, 0.5) is 0 Å². The average Bonchev–Trinajstić information content (AvgIpc) is 2.38. The summed E-state index contributed by atoms with van der Waals surface area (Å²) in [4.78, 5) is 23.9. The van der Waals surface area contributed by atoms with Crippen LogP contribution < -0.4 is 0 Å². The molecule has 2 rings (SSSR count). The lowest BCUT2D eigenvalue weighted by molar-refractivity contribution is 0.0817. The minimum Gasteiger partial charge on any atom is -0.508 e. The van der Waals surface area contributed by atoms with E-state index in [0.29, 0.717) is 5.56 Å². The summed E-state index contributed by atoms with van der Waals surface area (Å²) in [6, 6.07) is 12.3. The Balaban J connectivity index is 2.29. The van der Waals surface area contributed by atoms with Crippen LogP contribution in [-0.2, 0) is 0 Å². The van der Waals surface area contributed by atoms with E-state index in [1.807, 2.05) is 0 Å². The number of hydrogen-bond acceptors (Lipinski definition) is 3. The largest absolute Gasteiger partial charge is 0.508 e. The summed E-state index contributed by atoms with van der Waals surface area (Å²) in [5.74, 6) is -1.10. The van der Waals surface area contributed by atoms with Crippen molar-refractivity contribution in [3.8, 4) is 5.75 Å². The van der Waals surface area contributed by atoms with Gasteiger partial charge in [0.15, 0.2) is 0 Å². The molecule has 2 aromatic rings. The van der Waals surface area contributed by atoms with E-state index >= 15 is 0 Å². The number of halogens is 1. The van der Waals surface area contributed by atoms with Gasteiger partial charge in [-0.25, -0.2) is 0 Å². The summed E-state index contributed by atoms with van der Waals surface area (Å²) in [6.45, 7) is 0. The zero-order valence-electron chi connectivity index (χ0n) is 9.26. The van der Waals surface area contributed by atoms with E-state index in [1.54, 1.807) is 24.3 Å². The Morgan fingerprint density at radius 1 is 0.889 bits per heavy atom. The van der Waals surface area contributed by atoms with Crippen molar-refractivity contribution in [3.63, 3.8) is 0 Å². The Morgan fingerprint density at radius 2 is 1.50 bits per heavy atom. The second-order valence-corrected chi connectivity index (χ2v) is 4.63. The number of Topliss-reactive ketones (excluding diaryl/α,β-unsaturated/α-hetero) is 2. The number of carbonyl (C=O) groups excluding carboxylic acids is 2. The molecule has 18 heavy (non-hydrogen) atoms. The van der Waals surface area contributed by atoms with Crippen LogP contribution in [0.2, 0.25) is 0 Å². The molecule has 0 bridgehead atoms. The van der Waals surface area contributed by atoms with Gasteiger partial charge < -0.3 is 5.11 Å². The number of hydrogen-bond donors (Lipinski definition) is 1. The average molecular weight is 305 g/mol. The van der Waals surface area contributed by atoms with Crippen LogP contribution >= 0.6 is 15.9 Å². The van der Waals surface area contributed by atoms with Crippen LogP contribution in [0.5, 0.6) is 5.75 Å². The molecule has 0 spiro atoms. The van der Waals surface area contributed by atoms with Crippen LogP contribution in [0.25, 0.3) is 0 Å². The number of ketones is 2. The number of phenols is 1. The third kappa shape index (κ3) is 2.65. The number of rotatable bonds is 3. The van der Waals surface area contributed by atoms with Gasteiger partial charge in [0.05, 0.1) is 0 Å². The van der Waals surface area contributed by atoms with Crippen molar-refractivity contribution in [1.82, 2.24) is 0 Å². The standard InChI is InChI=1S/C14H9BrO3/c15-11-3-1-2-10(8-11)14(18)13(17)9-4-6-12(16)7-5-9/h1-8,16H. The minimum atomic E-state index is -0.590. The van der Waals surface area contributed by atoms with E-state index < -0.39 is 11.6 Å². The summed E-state index contributed by atoms with van der Waals surface area (Å²) in [5, 5.41) is 9.13. The van der Waals surface area contributed by atoms with Crippen LogP contribution in [0, 0.1) is 0 Å². The molecule has 0 saturated carbocycles. The maximum absolute atomic E-state index is 11.9. The van der Waals surface area contributed by atoms with E-state index in [1.165, 1.54) is 24.3 Å². The van der Waals surface area contributed by atoms with E-state index in [0.717, 1.165) is 4.47 Å². The van der Waals surface area contributed by atoms with Crippen molar-refractivity contribution in [2.75, 3.05) is 0 Å². The fourth-order valence-corrected chi connectivity index (χ4v) is 1.90. The van der Waals surface area contributed by atoms with E-state index in [9.17, 15) is 9.59 Å². The topological polar surface area (TPSA) is 54.4 Å². The van der Waals surface area contributed by atoms with E-state index in [2.05, 4.69) is 15.9 Å². The van der Waals surface area contributed by atoms with Crippen molar-refractivity contribution in [2.24, 2.45) is 0 Å². The van der Waals surface area contributed by atoms with Gasteiger partial charge in [-0.2, -0.15) is 0 Å². The molecule has 0 aromatic heterocycles. The summed E-state index contributed by atoms with van der Waals surface area (Å²) in [5.41, 5.74) is 0.597. The molecule has 0 heterocycles. The van der Waals surface area contributed by atoms with Crippen molar-refractivity contribution >= 4 is 27.5 Å². The predicted octanol–water partition coefficient (Wildman–Crippen LogP) is 3.22. The summed E-state index contributed by atoms with van der Waals surface area (Å²) in [6.07, 6.45) is 0. The lowest BCUT2D eigenvalue weighted by atomic mass is 10.0. The zero-order chi connectivity index (χ0) is 13.1. The van der Waals surface area contributed by atoms with Crippen LogP contribution in [0.15, 0.2) is 53.0 Å². The SMILES string of the molecule is O=C(C(=O)c1cccc(Br)c1)c1ccc(O)cc1. The van der Waals surface area contributed by atoms with Gasteiger partial charge in [0, 0.05) is 15.6 Å². The van der Waals surface area contributed by atoms with Gasteiger partial charge in [0.25, 0.3) is 0 Å². The lowest BCUT2D eigenvalue weighted by Crippen LogP contribution is -2.14. The first-order valence-corrected chi connectivity index (χ1v) is 6.01. The molecule has 0 fully saturated rings. The Morgan fingerprint density at radius 3 is 2.11 bits per heavy atom. The molecule has 90 valence electrons. The maximum Gasteiger partial charge on any atom is 0.233 e. The van der Waals surface area contributed by atoms with Gasteiger partial charge in [0.1, 0.15) is 5.75 Å². The quantitative estimate of drug-likeness (QED) is 0.700. The van der Waals surface area contributed by atoms with Crippen molar-refractivity contribution in [3.05, 3.63) is 64.1 Å². The highest BCUT2D eigenvalue weighted by atomic mass is 79.9. The molecule has 1 N–H and O–H groups in total. The molecule has 0 atom stereocenters. The van der Waals surface area contributed by atoms with Gasteiger partial charge in [-0.05, 0) is 36.4 Å². The molecule has 0 aliphatic carbocycles. The molecule has 3 nitrogen and oxygen atoms in total. The third-order valence-corrected chi connectivity index (χ3v) is 2.92. The number of carbonyl (C=O) groups is 2. The second kappa shape index (κ2) is 5.14. The fourth-order valence-electron chi connectivity index (χ4n) is 1.50. The molecule has 0 saturated heterocycles. The molecular weight excluding hydrogens is 296 g/mol. The van der Waals surface area contributed by atoms with Gasteiger partial charge in [-0.15, -0.1) is 0 Å². The fraction of sp³-hybridized carbons (Fsp3) is 0. The number of phenolic OH excluding ortho intramolecular Hbond substituents is 1. The predicted molar refractivity (Wildman–Crippen MR) is 70.9 cm³/mol. The summed E-state index contributed by atoms with van der Waals surface area (Å²) < 4.78 is 0.742. The molecule has 0 aliphatic heterocycles. The van der Waals surface area contributed by atoms with Crippen molar-refractivity contribution in [2.45, 2.75) is 0 Å². The monoisotopic (exact) mass is 304 g/mol. The molecule has 0 unspecified atom stereocenters. The Labute approximate surface area is 112 Å². The molecule has 2 aromatic carbocycles. The number of benzene rings is 2. The van der Waals surface area contributed by atoms with E-state index in [-0.39, 0.29) is 11.3 Å². The highest BCUT2D eigenvalue weighted by Crippen LogP contribution is 2.15. The summed E-state index contributed by atoms with van der Waals surface area (Å²) in [7, 11) is 0. The maximum atomic E-state index is 11.9. The van der Waals surface area contributed by atoms with Crippen LogP contribution in [-0.4, -0.2) is 16.7 Å². The molecule has 0 amide bonds. The normalized spacial score (nSPS) is 10.1. The minimum absolute atomic E-state index is 0.0569. The van der Waals surface area contributed by atoms with Gasteiger partial charge >= 0.3 is 0 Å². The second-order valence-electron chi connectivity index (χ2n) is 3.72. The highest BCUT2D eigenvalue weighted by Gasteiger charge is 2.18. The first-order chi connectivity index (χ1) is 8.58. The van der Waals surface area contributed by atoms with Crippen molar-refractivity contribution < 1.29 is 14.7 Å². The van der Waals surface area contributed by atoms with E-state index in [4.69, 9.17) is 5.11 Å². The zero-order valence-corrected chi connectivity index (χ0v) is 10.8. The molecule has 4 heteroatoms. The molecular formula is C14H9BrO3.